The molecule has 0 aliphatic heterocycles. The Labute approximate surface area is 155 Å². The fourth-order valence-corrected chi connectivity index (χ4v) is 4.12. The fraction of sp³-hybridized carbons (Fsp3) is 0. The van der Waals surface area contributed by atoms with Gasteiger partial charge in [-0.05, 0) is 61.6 Å². The van der Waals surface area contributed by atoms with Crippen LogP contribution in [0, 0.1) is 0 Å². The van der Waals surface area contributed by atoms with Crippen LogP contribution in [0.25, 0.3) is 54.5 Å². The lowest BCUT2D eigenvalue weighted by molar-refractivity contribution is 0.602. The summed E-state index contributed by atoms with van der Waals surface area (Å²) in [7, 11) is 0. The summed E-state index contributed by atoms with van der Waals surface area (Å²) in [6.45, 7) is 0. The molecule has 0 saturated heterocycles. The topological polar surface area (TPSA) is 26.0 Å². The van der Waals surface area contributed by atoms with Gasteiger partial charge in [0.2, 0.25) is 0 Å². The summed E-state index contributed by atoms with van der Waals surface area (Å²) in [6.07, 6.45) is 1.49. The molecule has 1 aromatic heterocycles. The van der Waals surface area contributed by atoms with Crippen molar-refractivity contribution >= 4 is 43.4 Å². The van der Waals surface area contributed by atoms with Crippen LogP contribution < -0.4 is 0 Å². The van der Waals surface area contributed by atoms with Crippen LogP contribution >= 0.6 is 0 Å². The van der Waals surface area contributed by atoms with Crippen molar-refractivity contribution in [1.29, 1.82) is 0 Å². The van der Waals surface area contributed by atoms with Crippen LogP contribution in [0.1, 0.15) is 0 Å². The molecule has 5 aromatic carbocycles. The van der Waals surface area contributed by atoms with Crippen molar-refractivity contribution in [2.24, 2.45) is 0 Å². The second-order valence-corrected chi connectivity index (χ2v) is 6.89. The van der Waals surface area contributed by atoms with Gasteiger partial charge < -0.3 is 4.42 Å². The predicted molar refractivity (Wildman–Crippen MR) is 112 cm³/mol. The molecule has 6 aromatic rings. The SMILES string of the molecule is c1ccc2c(c1)c1ccccc1c1cc(-c3ccc4ncoc4c3)ccc21. The van der Waals surface area contributed by atoms with Crippen molar-refractivity contribution in [2.45, 2.75) is 0 Å². The summed E-state index contributed by atoms with van der Waals surface area (Å²) < 4.78 is 5.48. The molecule has 6 rings (SSSR count). The molecule has 27 heavy (non-hydrogen) atoms. The molecule has 0 spiro atoms. The Hall–Kier alpha value is -3.65. The summed E-state index contributed by atoms with van der Waals surface area (Å²) in [5, 5.41) is 7.74. The molecule has 1 heterocycles. The van der Waals surface area contributed by atoms with Crippen molar-refractivity contribution in [1.82, 2.24) is 4.98 Å². The smallest absolute Gasteiger partial charge is 0.181 e. The first-order chi connectivity index (χ1) is 13.4. The van der Waals surface area contributed by atoms with Crippen molar-refractivity contribution in [2.75, 3.05) is 0 Å². The quantitative estimate of drug-likeness (QED) is 0.301. The standard InChI is InChI=1S/C25H15NO/c1-2-7-20-18(5-1)19-6-3-4-8-21(19)23-13-16(9-11-22(20)23)17-10-12-24-25(14-17)27-15-26-24/h1-15H. The maximum atomic E-state index is 5.48. The zero-order chi connectivity index (χ0) is 17.8. The van der Waals surface area contributed by atoms with E-state index in [-0.39, 0.29) is 0 Å². The van der Waals surface area contributed by atoms with Crippen LogP contribution in [-0.4, -0.2) is 4.98 Å². The van der Waals surface area contributed by atoms with Crippen LogP contribution in [0.4, 0.5) is 0 Å². The lowest BCUT2D eigenvalue weighted by Gasteiger charge is -2.12. The molecule has 2 heteroatoms. The lowest BCUT2D eigenvalue weighted by Crippen LogP contribution is -1.85. The number of hydrogen-bond acceptors (Lipinski definition) is 2. The van der Waals surface area contributed by atoms with Crippen LogP contribution in [0.15, 0.2) is 95.7 Å². The number of benzene rings is 5. The van der Waals surface area contributed by atoms with Gasteiger partial charge in [0, 0.05) is 0 Å². The van der Waals surface area contributed by atoms with Gasteiger partial charge in [0.15, 0.2) is 12.0 Å². The van der Waals surface area contributed by atoms with Gasteiger partial charge in [0.1, 0.15) is 5.52 Å². The minimum atomic E-state index is 0.816. The highest BCUT2D eigenvalue weighted by molar-refractivity contribution is 6.25. The molecule has 0 unspecified atom stereocenters. The third kappa shape index (κ3) is 2.10. The van der Waals surface area contributed by atoms with Gasteiger partial charge in [-0.2, -0.15) is 0 Å². The number of rotatable bonds is 1. The van der Waals surface area contributed by atoms with E-state index in [2.05, 4.69) is 83.8 Å². The Morgan fingerprint density at radius 3 is 1.78 bits per heavy atom. The Balaban J connectivity index is 1.72. The van der Waals surface area contributed by atoms with E-state index in [0.29, 0.717) is 0 Å². The van der Waals surface area contributed by atoms with E-state index in [0.717, 1.165) is 16.7 Å². The van der Waals surface area contributed by atoms with Crippen LogP contribution in [0.5, 0.6) is 0 Å². The van der Waals surface area contributed by atoms with E-state index in [9.17, 15) is 0 Å². The molecule has 0 atom stereocenters. The molecule has 0 bridgehead atoms. The summed E-state index contributed by atoms with van der Waals surface area (Å²) in [6, 6.07) is 30.2. The minimum Gasteiger partial charge on any atom is -0.443 e. The van der Waals surface area contributed by atoms with E-state index in [1.807, 2.05) is 6.07 Å². The van der Waals surface area contributed by atoms with Crippen LogP contribution in [0.3, 0.4) is 0 Å². The molecule has 0 aliphatic rings. The highest BCUT2D eigenvalue weighted by atomic mass is 16.3. The van der Waals surface area contributed by atoms with Gasteiger partial charge in [-0.3, -0.25) is 0 Å². The second kappa shape index (κ2) is 5.42. The molecule has 0 radical (unpaired) electrons. The van der Waals surface area contributed by atoms with Crippen molar-refractivity contribution < 1.29 is 4.42 Å². The van der Waals surface area contributed by atoms with Gasteiger partial charge in [-0.1, -0.05) is 66.7 Å². The number of nitrogens with zero attached hydrogens (tertiary/aromatic N) is 1. The Kier molecular flexibility index (Phi) is 2.91. The van der Waals surface area contributed by atoms with Gasteiger partial charge in [0.05, 0.1) is 0 Å². The maximum absolute atomic E-state index is 5.48. The number of hydrogen-bond donors (Lipinski definition) is 0. The molecule has 126 valence electrons. The molecular weight excluding hydrogens is 330 g/mol. The van der Waals surface area contributed by atoms with Crippen molar-refractivity contribution in [3.8, 4) is 11.1 Å². The van der Waals surface area contributed by atoms with Gasteiger partial charge >= 0.3 is 0 Å². The summed E-state index contributed by atoms with van der Waals surface area (Å²) in [4.78, 5) is 4.21. The first kappa shape index (κ1) is 14.5. The fourth-order valence-electron chi connectivity index (χ4n) is 4.12. The van der Waals surface area contributed by atoms with E-state index in [1.165, 1.54) is 44.3 Å². The van der Waals surface area contributed by atoms with E-state index >= 15 is 0 Å². The molecule has 0 fully saturated rings. The Morgan fingerprint density at radius 1 is 0.519 bits per heavy atom. The molecule has 0 N–H and O–H groups in total. The minimum absolute atomic E-state index is 0.816. The highest BCUT2D eigenvalue weighted by Crippen LogP contribution is 2.37. The van der Waals surface area contributed by atoms with Crippen LogP contribution in [0.2, 0.25) is 0 Å². The molecule has 0 amide bonds. The van der Waals surface area contributed by atoms with Gasteiger partial charge in [-0.25, -0.2) is 4.98 Å². The lowest BCUT2D eigenvalue weighted by atomic mass is 9.92. The molecule has 0 aliphatic carbocycles. The zero-order valence-electron chi connectivity index (χ0n) is 14.5. The normalized spacial score (nSPS) is 11.7. The first-order valence-corrected chi connectivity index (χ1v) is 9.05. The third-order valence-corrected chi connectivity index (χ3v) is 5.41. The predicted octanol–water partition coefficient (Wildman–Crippen LogP) is 6.95. The average Bonchev–Trinajstić information content (AvgIpc) is 3.21. The van der Waals surface area contributed by atoms with Gasteiger partial charge in [0.25, 0.3) is 0 Å². The molecular formula is C25H15NO. The number of oxazole rings is 1. The monoisotopic (exact) mass is 345 g/mol. The van der Waals surface area contributed by atoms with Crippen LogP contribution in [-0.2, 0) is 0 Å². The molecule has 0 saturated carbocycles. The zero-order valence-corrected chi connectivity index (χ0v) is 14.5. The Morgan fingerprint density at radius 2 is 1.07 bits per heavy atom. The number of aromatic nitrogens is 1. The first-order valence-electron chi connectivity index (χ1n) is 9.05. The second-order valence-electron chi connectivity index (χ2n) is 6.89. The Bertz CT molecular complexity index is 1440. The maximum Gasteiger partial charge on any atom is 0.181 e. The third-order valence-electron chi connectivity index (χ3n) is 5.41. The summed E-state index contributed by atoms with van der Waals surface area (Å²) in [5.74, 6) is 0. The number of fused-ring (bicyclic) bond motifs is 7. The van der Waals surface area contributed by atoms with Crippen molar-refractivity contribution in [3.05, 3.63) is 91.3 Å². The summed E-state index contributed by atoms with van der Waals surface area (Å²) in [5.41, 5.74) is 4.02. The highest BCUT2D eigenvalue weighted by Gasteiger charge is 2.10. The van der Waals surface area contributed by atoms with E-state index < -0.39 is 0 Å². The van der Waals surface area contributed by atoms with Gasteiger partial charge in [-0.15, -0.1) is 0 Å². The van der Waals surface area contributed by atoms with Crippen molar-refractivity contribution in [3.63, 3.8) is 0 Å². The van der Waals surface area contributed by atoms with E-state index in [4.69, 9.17) is 4.42 Å². The largest absolute Gasteiger partial charge is 0.443 e. The summed E-state index contributed by atoms with van der Waals surface area (Å²) >= 11 is 0. The average molecular weight is 345 g/mol. The molecule has 2 nitrogen and oxygen atoms in total. The van der Waals surface area contributed by atoms with E-state index in [1.54, 1.807) is 0 Å².